The van der Waals surface area contributed by atoms with E-state index in [2.05, 4.69) is 39.2 Å². The molecule has 0 fully saturated rings. The van der Waals surface area contributed by atoms with Gasteiger partial charge in [0.25, 0.3) is 0 Å². The van der Waals surface area contributed by atoms with Crippen LogP contribution in [0.2, 0.25) is 0 Å². The zero-order valence-electron chi connectivity index (χ0n) is 31.7. The first-order valence-corrected chi connectivity index (χ1v) is 18.5. The Morgan fingerprint density at radius 2 is 0.897 bits per heavy atom. The van der Waals surface area contributed by atoms with Crippen LogP contribution in [-0.4, -0.2) is 140 Å². The molecule has 0 aliphatic carbocycles. The molecule has 0 unspecified atom stereocenters. The summed E-state index contributed by atoms with van der Waals surface area (Å²) in [4.78, 5) is 125. The predicted octanol–water partition coefficient (Wildman–Crippen LogP) is -3.28. The Hall–Kier alpha value is -5.81. The Morgan fingerprint density at radius 3 is 1.26 bits per heavy atom. The van der Waals surface area contributed by atoms with Crippen molar-refractivity contribution in [2.45, 2.75) is 101 Å². The minimum absolute atomic E-state index is 0.174. The number of aliphatic carboxylic acids is 4. The second-order valence-electron chi connectivity index (χ2n) is 13.3. The summed E-state index contributed by atoms with van der Waals surface area (Å²) >= 11 is 4.12. The number of nitrogens with one attached hydrogen (secondary N) is 6. The maximum Gasteiger partial charge on any atom is 0.328 e. The van der Waals surface area contributed by atoms with Crippen LogP contribution in [0.4, 0.5) is 0 Å². The molecule has 13 N–H and O–H groups in total. The van der Waals surface area contributed by atoms with E-state index >= 15 is 0 Å². The molecule has 0 saturated carbocycles. The first-order valence-electron chi connectivity index (χ1n) is 17.9. The number of carboxylic acids is 4. The molecule has 0 aromatic heterocycles. The molecule has 6 amide bonds. The standard InChI is InChI=1S/C35H51N7O15S/c1-17(2)28(36)34(55)39-21(10-13-27(48)49)30(51)40-22(14-18-6-4-3-5-7-18)32(53)42-24(16-58)33(54)38-19(8-11-25(44)45)29(50)37-20(9-12-26(46)47)31(52)41-23(15-43)35(56)57/h3-7,17,19-24,28,43,58H,8-16,36H2,1-2H3,(H,37,50)(H,38,54)(H,39,55)(H,40,51)(H,41,52)(H,42,53)(H,44,45)(H,46,47)(H,48,49)(H,56,57)/t19-,20-,21-,22-,23-,24-,28-/m0/s1. The van der Waals surface area contributed by atoms with Gasteiger partial charge in [0.05, 0.1) is 12.6 Å². The van der Waals surface area contributed by atoms with Gasteiger partial charge in [-0.05, 0) is 30.7 Å². The fourth-order valence-corrected chi connectivity index (χ4v) is 5.24. The third kappa shape index (κ3) is 18.4. The molecule has 0 saturated heterocycles. The van der Waals surface area contributed by atoms with E-state index in [-0.39, 0.29) is 18.8 Å². The van der Waals surface area contributed by atoms with Gasteiger partial charge >= 0.3 is 23.9 Å². The van der Waals surface area contributed by atoms with Crippen LogP contribution in [0.15, 0.2) is 30.3 Å². The first kappa shape index (κ1) is 50.2. The van der Waals surface area contributed by atoms with Gasteiger partial charge in [-0.25, -0.2) is 4.79 Å². The maximum atomic E-state index is 13.8. The Balaban J connectivity index is 3.37. The van der Waals surface area contributed by atoms with E-state index in [0.717, 1.165) is 0 Å². The zero-order chi connectivity index (χ0) is 44.1. The number of hydrogen-bond acceptors (Lipinski definition) is 13. The minimum atomic E-state index is -1.83. The van der Waals surface area contributed by atoms with Gasteiger partial charge in [-0.3, -0.25) is 43.2 Å². The van der Waals surface area contributed by atoms with Gasteiger partial charge < -0.3 is 63.2 Å². The predicted molar refractivity (Wildman–Crippen MR) is 204 cm³/mol. The van der Waals surface area contributed by atoms with E-state index in [9.17, 15) is 68.4 Å². The molecular formula is C35H51N7O15S. The summed E-state index contributed by atoms with van der Waals surface area (Å²) in [5, 5.41) is 59.8. The van der Waals surface area contributed by atoms with Crippen molar-refractivity contribution < 1.29 is 73.5 Å². The number of carbonyl (C=O) groups is 10. The van der Waals surface area contributed by atoms with Crippen molar-refractivity contribution in [3.05, 3.63) is 35.9 Å². The molecule has 22 nitrogen and oxygen atoms in total. The number of rotatable bonds is 27. The lowest BCUT2D eigenvalue weighted by Gasteiger charge is -2.27. The molecular weight excluding hydrogens is 790 g/mol. The van der Waals surface area contributed by atoms with E-state index in [1.54, 1.807) is 44.2 Å². The van der Waals surface area contributed by atoms with Gasteiger partial charge in [0.2, 0.25) is 35.4 Å². The molecule has 0 radical (unpaired) electrons. The first-order chi connectivity index (χ1) is 27.2. The highest BCUT2D eigenvalue weighted by Crippen LogP contribution is 2.09. The van der Waals surface area contributed by atoms with Gasteiger partial charge in [0, 0.05) is 31.4 Å². The summed E-state index contributed by atoms with van der Waals surface area (Å²) < 4.78 is 0. The topological polar surface area (TPSA) is 370 Å². The molecule has 1 rings (SSSR count). The summed E-state index contributed by atoms with van der Waals surface area (Å²) in [6.07, 6.45) is -3.67. The fraction of sp³-hybridized carbons (Fsp3) is 0.543. The second-order valence-corrected chi connectivity index (χ2v) is 13.7. The average molecular weight is 842 g/mol. The van der Waals surface area contributed by atoms with E-state index < -0.39 is 146 Å². The number of thiol groups is 1. The number of benzene rings is 1. The van der Waals surface area contributed by atoms with Crippen LogP contribution in [0, 0.1) is 5.92 Å². The van der Waals surface area contributed by atoms with Crippen LogP contribution in [0.3, 0.4) is 0 Å². The number of carbonyl (C=O) groups excluding carboxylic acids is 6. The maximum absolute atomic E-state index is 13.8. The summed E-state index contributed by atoms with van der Waals surface area (Å²) in [5.74, 6) is -12.7. The van der Waals surface area contributed by atoms with Crippen LogP contribution in [0.1, 0.15) is 57.9 Å². The number of amides is 6. The van der Waals surface area contributed by atoms with Crippen LogP contribution < -0.4 is 37.6 Å². The monoisotopic (exact) mass is 841 g/mol. The van der Waals surface area contributed by atoms with Crippen molar-refractivity contribution in [3.8, 4) is 0 Å². The van der Waals surface area contributed by atoms with Gasteiger partial charge in [-0.1, -0.05) is 44.2 Å². The molecule has 0 heterocycles. The van der Waals surface area contributed by atoms with Crippen molar-refractivity contribution in [1.82, 2.24) is 31.9 Å². The summed E-state index contributed by atoms with van der Waals surface area (Å²) in [6, 6.07) is -2.57. The van der Waals surface area contributed by atoms with Crippen molar-refractivity contribution in [1.29, 1.82) is 0 Å². The van der Waals surface area contributed by atoms with Crippen molar-refractivity contribution in [3.63, 3.8) is 0 Å². The highest BCUT2D eigenvalue weighted by molar-refractivity contribution is 7.80. The number of hydrogen-bond donors (Lipinski definition) is 13. The average Bonchev–Trinajstić information content (AvgIpc) is 3.16. The third-order valence-electron chi connectivity index (χ3n) is 8.39. The number of aliphatic hydroxyl groups is 1. The summed E-state index contributed by atoms with van der Waals surface area (Å²) in [5.41, 5.74) is 6.44. The molecule has 322 valence electrons. The molecule has 23 heteroatoms. The van der Waals surface area contributed by atoms with Gasteiger partial charge in [-0.15, -0.1) is 0 Å². The molecule has 0 spiro atoms. The lowest BCUT2D eigenvalue weighted by atomic mass is 10.0. The second kappa shape index (κ2) is 25.4. The molecule has 58 heavy (non-hydrogen) atoms. The Morgan fingerprint density at radius 1 is 0.552 bits per heavy atom. The van der Waals surface area contributed by atoms with E-state index in [0.29, 0.717) is 5.56 Å². The van der Waals surface area contributed by atoms with Gasteiger partial charge in [0.1, 0.15) is 36.3 Å². The molecule has 1 aromatic carbocycles. The van der Waals surface area contributed by atoms with Gasteiger partial charge in [-0.2, -0.15) is 12.6 Å². The SMILES string of the molecule is CC(C)[C@H](N)C(=O)N[C@@H](CCC(=O)O)C(=O)N[C@@H](Cc1ccccc1)C(=O)N[C@@H](CS)C(=O)N[C@@H](CCC(=O)O)C(=O)N[C@@H](CCC(=O)O)C(=O)N[C@@H](CO)C(=O)O. The smallest absolute Gasteiger partial charge is 0.328 e. The van der Waals surface area contributed by atoms with Crippen molar-refractivity contribution in [2.75, 3.05) is 12.4 Å². The van der Waals surface area contributed by atoms with Gasteiger partial charge in [0.15, 0.2) is 0 Å². The lowest BCUT2D eigenvalue weighted by Crippen LogP contribution is -2.60. The van der Waals surface area contributed by atoms with Crippen LogP contribution in [-0.2, 0) is 54.4 Å². The molecule has 0 bridgehead atoms. The third-order valence-corrected chi connectivity index (χ3v) is 8.75. The largest absolute Gasteiger partial charge is 0.481 e. The fourth-order valence-electron chi connectivity index (χ4n) is 4.98. The Bertz CT molecular complexity index is 1630. The molecule has 1 aromatic rings. The minimum Gasteiger partial charge on any atom is -0.481 e. The van der Waals surface area contributed by atoms with E-state index in [1.807, 2.05) is 5.32 Å². The summed E-state index contributed by atoms with van der Waals surface area (Å²) in [6.45, 7) is 2.25. The van der Waals surface area contributed by atoms with Crippen LogP contribution in [0.5, 0.6) is 0 Å². The molecule has 7 atom stereocenters. The Labute approximate surface area is 337 Å². The van der Waals surface area contributed by atoms with Crippen molar-refractivity contribution >= 4 is 71.9 Å². The van der Waals surface area contributed by atoms with Crippen LogP contribution >= 0.6 is 12.6 Å². The van der Waals surface area contributed by atoms with Crippen molar-refractivity contribution in [2.24, 2.45) is 11.7 Å². The number of carboxylic acid groups (broad SMARTS) is 4. The van der Waals surface area contributed by atoms with E-state index in [4.69, 9.17) is 10.8 Å². The normalized spacial score (nSPS) is 14.5. The Kier molecular flexibility index (Phi) is 22.0. The number of nitrogens with two attached hydrogens (primary N) is 1. The summed E-state index contributed by atoms with van der Waals surface area (Å²) in [7, 11) is 0. The highest BCUT2D eigenvalue weighted by Gasteiger charge is 2.34. The molecule has 0 aliphatic rings. The zero-order valence-corrected chi connectivity index (χ0v) is 32.6. The van der Waals surface area contributed by atoms with Crippen LogP contribution in [0.25, 0.3) is 0 Å². The lowest BCUT2D eigenvalue weighted by molar-refractivity contribution is -0.144. The highest BCUT2D eigenvalue weighted by atomic mass is 32.1. The number of aliphatic hydroxyl groups excluding tert-OH is 1. The molecule has 0 aliphatic heterocycles. The van der Waals surface area contributed by atoms with E-state index in [1.165, 1.54) is 0 Å². The quantitative estimate of drug-likeness (QED) is 0.0386.